The van der Waals surface area contributed by atoms with E-state index < -0.39 is 5.97 Å². The van der Waals surface area contributed by atoms with Gasteiger partial charge in [0.2, 0.25) is 0 Å². The standard InChI is InChI=1S/C16H14N2O2S/c19-16(20)12-7-5-11(6-8-12)9-10-17-15-13-3-1-2-4-14(13)18-21-15/h1-8,17H,9-10H2,(H,19,20). The number of carboxylic acids is 1. The summed E-state index contributed by atoms with van der Waals surface area (Å²) < 4.78 is 4.39. The fourth-order valence-corrected chi connectivity index (χ4v) is 2.94. The zero-order chi connectivity index (χ0) is 14.7. The van der Waals surface area contributed by atoms with Crippen LogP contribution in [0.15, 0.2) is 48.5 Å². The molecule has 1 aromatic heterocycles. The van der Waals surface area contributed by atoms with E-state index in [0.29, 0.717) is 5.56 Å². The van der Waals surface area contributed by atoms with Gasteiger partial charge in [0.1, 0.15) is 5.00 Å². The van der Waals surface area contributed by atoms with Crippen molar-refractivity contribution in [3.63, 3.8) is 0 Å². The summed E-state index contributed by atoms with van der Waals surface area (Å²) >= 11 is 1.47. The van der Waals surface area contributed by atoms with Gasteiger partial charge in [-0.1, -0.05) is 24.3 Å². The lowest BCUT2D eigenvalue weighted by molar-refractivity contribution is 0.0697. The third-order valence-electron chi connectivity index (χ3n) is 3.28. The van der Waals surface area contributed by atoms with Crippen molar-refractivity contribution in [1.82, 2.24) is 4.37 Å². The number of anilines is 1. The van der Waals surface area contributed by atoms with Crippen LogP contribution in [-0.4, -0.2) is 22.0 Å². The molecule has 0 saturated heterocycles. The van der Waals surface area contributed by atoms with Crippen molar-refractivity contribution in [2.24, 2.45) is 0 Å². The molecule has 0 aliphatic rings. The molecular weight excluding hydrogens is 284 g/mol. The maximum absolute atomic E-state index is 10.8. The predicted molar refractivity (Wildman–Crippen MR) is 85.2 cm³/mol. The van der Waals surface area contributed by atoms with Crippen LogP contribution in [0.25, 0.3) is 10.9 Å². The van der Waals surface area contributed by atoms with E-state index in [9.17, 15) is 4.79 Å². The summed E-state index contributed by atoms with van der Waals surface area (Å²) in [5, 5.41) is 14.5. The van der Waals surface area contributed by atoms with Crippen molar-refractivity contribution >= 4 is 33.4 Å². The van der Waals surface area contributed by atoms with Gasteiger partial charge in [-0.15, -0.1) is 0 Å². The first-order valence-corrected chi connectivity index (χ1v) is 7.42. The van der Waals surface area contributed by atoms with Crippen LogP contribution in [0.4, 0.5) is 5.00 Å². The number of rotatable bonds is 5. The fraction of sp³-hybridized carbons (Fsp3) is 0.125. The van der Waals surface area contributed by atoms with Crippen LogP contribution < -0.4 is 5.32 Å². The largest absolute Gasteiger partial charge is 0.478 e. The Labute approximate surface area is 126 Å². The first kappa shape index (κ1) is 13.6. The summed E-state index contributed by atoms with van der Waals surface area (Å²) in [5.41, 5.74) is 2.44. The molecule has 3 rings (SSSR count). The predicted octanol–water partition coefficient (Wildman–Crippen LogP) is 3.65. The second-order valence-corrected chi connectivity index (χ2v) is 5.48. The topological polar surface area (TPSA) is 62.2 Å². The number of aromatic carboxylic acids is 1. The number of nitrogens with one attached hydrogen (secondary N) is 1. The first-order chi connectivity index (χ1) is 10.2. The number of nitrogens with zero attached hydrogens (tertiary/aromatic N) is 1. The van der Waals surface area contributed by atoms with Gasteiger partial charge in [-0.2, -0.15) is 4.37 Å². The molecule has 0 unspecified atom stereocenters. The summed E-state index contributed by atoms with van der Waals surface area (Å²) in [5.74, 6) is -0.893. The van der Waals surface area contributed by atoms with Crippen LogP contribution in [0.2, 0.25) is 0 Å². The lowest BCUT2D eigenvalue weighted by Gasteiger charge is -2.04. The molecule has 21 heavy (non-hydrogen) atoms. The van der Waals surface area contributed by atoms with E-state index in [0.717, 1.165) is 34.4 Å². The highest BCUT2D eigenvalue weighted by molar-refractivity contribution is 7.11. The highest BCUT2D eigenvalue weighted by Gasteiger charge is 2.05. The monoisotopic (exact) mass is 298 g/mol. The van der Waals surface area contributed by atoms with E-state index in [2.05, 4.69) is 15.8 Å². The van der Waals surface area contributed by atoms with Crippen LogP contribution in [-0.2, 0) is 6.42 Å². The Bertz CT molecular complexity index is 765. The number of hydrogen-bond acceptors (Lipinski definition) is 4. The molecule has 0 aliphatic heterocycles. The fourth-order valence-electron chi connectivity index (χ4n) is 2.15. The molecule has 2 N–H and O–H groups in total. The van der Waals surface area contributed by atoms with Crippen LogP contribution in [0.5, 0.6) is 0 Å². The average Bonchev–Trinajstić information content (AvgIpc) is 2.91. The molecule has 5 heteroatoms. The van der Waals surface area contributed by atoms with Gasteiger partial charge in [0, 0.05) is 11.9 Å². The second kappa shape index (κ2) is 5.93. The molecule has 0 aliphatic carbocycles. The maximum atomic E-state index is 10.8. The number of fused-ring (bicyclic) bond motifs is 1. The van der Waals surface area contributed by atoms with Crippen molar-refractivity contribution in [1.29, 1.82) is 0 Å². The first-order valence-electron chi connectivity index (χ1n) is 6.64. The minimum absolute atomic E-state index is 0.320. The lowest BCUT2D eigenvalue weighted by atomic mass is 10.1. The molecular formula is C16H14N2O2S. The third-order valence-corrected chi connectivity index (χ3v) is 4.12. The number of benzene rings is 2. The Hall–Kier alpha value is -2.40. The van der Waals surface area contributed by atoms with Gasteiger partial charge in [-0.3, -0.25) is 0 Å². The quantitative estimate of drug-likeness (QED) is 0.754. The Kier molecular flexibility index (Phi) is 3.83. The Morgan fingerprint density at radius 3 is 2.67 bits per heavy atom. The second-order valence-electron chi connectivity index (χ2n) is 4.71. The highest BCUT2D eigenvalue weighted by Crippen LogP contribution is 2.27. The van der Waals surface area contributed by atoms with Crippen molar-refractivity contribution in [3.8, 4) is 0 Å². The van der Waals surface area contributed by atoms with Crippen LogP contribution in [0, 0.1) is 0 Å². The van der Waals surface area contributed by atoms with Gasteiger partial charge in [-0.05, 0) is 47.8 Å². The molecule has 0 bridgehead atoms. The molecule has 3 aromatic rings. The number of hydrogen-bond donors (Lipinski definition) is 2. The normalized spacial score (nSPS) is 10.7. The summed E-state index contributed by atoms with van der Waals surface area (Å²) in [6.45, 7) is 0.790. The van der Waals surface area contributed by atoms with E-state index >= 15 is 0 Å². The van der Waals surface area contributed by atoms with Crippen LogP contribution in [0.1, 0.15) is 15.9 Å². The number of carboxylic acid groups (broad SMARTS) is 1. The Morgan fingerprint density at radius 1 is 1.14 bits per heavy atom. The zero-order valence-corrected chi connectivity index (χ0v) is 12.1. The highest BCUT2D eigenvalue weighted by atomic mass is 32.1. The molecule has 0 radical (unpaired) electrons. The summed E-state index contributed by atoms with van der Waals surface area (Å²) in [6.07, 6.45) is 0.839. The van der Waals surface area contributed by atoms with Gasteiger partial charge >= 0.3 is 5.97 Å². The van der Waals surface area contributed by atoms with E-state index in [1.807, 2.05) is 30.3 Å². The van der Waals surface area contributed by atoms with E-state index in [-0.39, 0.29) is 0 Å². The summed E-state index contributed by atoms with van der Waals surface area (Å²) in [6, 6.07) is 15.0. The minimum Gasteiger partial charge on any atom is -0.478 e. The van der Waals surface area contributed by atoms with Gasteiger partial charge in [0.25, 0.3) is 0 Å². The van der Waals surface area contributed by atoms with Gasteiger partial charge in [0.05, 0.1) is 11.1 Å². The molecule has 106 valence electrons. The van der Waals surface area contributed by atoms with Gasteiger partial charge < -0.3 is 10.4 Å². The van der Waals surface area contributed by atoms with Crippen LogP contribution >= 0.6 is 11.5 Å². The molecule has 2 aromatic carbocycles. The van der Waals surface area contributed by atoms with Gasteiger partial charge in [-0.25, -0.2) is 4.79 Å². The molecule has 1 heterocycles. The van der Waals surface area contributed by atoms with E-state index in [1.165, 1.54) is 11.5 Å². The zero-order valence-electron chi connectivity index (χ0n) is 11.2. The molecule has 0 amide bonds. The van der Waals surface area contributed by atoms with E-state index in [1.54, 1.807) is 12.1 Å². The summed E-state index contributed by atoms with van der Waals surface area (Å²) in [4.78, 5) is 10.8. The van der Waals surface area contributed by atoms with Gasteiger partial charge in [0.15, 0.2) is 0 Å². The minimum atomic E-state index is -0.893. The maximum Gasteiger partial charge on any atom is 0.335 e. The molecule has 4 nitrogen and oxygen atoms in total. The van der Waals surface area contributed by atoms with Crippen LogP contribution in [0.3, 0.4) is 0 Å². The number of aromatic nitrogens is 1. The van der Waals surface area contributed by atoms with E-state index in [4.69, 9.17) is 5.11 Å². The van der Waals surface area contributed by atoms with Crippen molar-refractivity contribution in [2.45, 2.75) is 6.42 Å². The number of carbonyl (C=O) groups is 1. The third kappa shape index (κ3) is 3.03. The molecule has 0 saturated carbocycles. The lowest BCUT2D eigenvalue weighted by Crippen LogP contribution is -2.04. The summed E-state index contributed by atoms with van der Waals surface area (Å²) in [7, 11) is 0. The SMILES string of the molecule is O=C(O)c1ccc(CCNc2snc3ccccc23)cc1. The Morgan fingerprint density at radius 2 is 1.90 bits per heavy atom. The smallest absolute Gasteiger partial charge is 0.335 e. The molecule has 0 spiro atoms. The molecule has 0 fully saturated rings. The van der Waals surface area contributed by atoms with Crippen molar-refractivity contribution in [3.05, 3.63) is 59.7 Å². The van der Waals surface area contributed by atoms with Crippen molar-refractivity contribution < 1.29 is 9.90 Å². The Balaban J connectivity index is 1.62. The molecule has 0 atom stereocenters. The van der Waals surface area contributed by atoms with Crippen molar-refractivity contribution in [2.75, 3.05) is 11.9 Å². The average molecular weight is 298 g/mol.